The lowest BCUT2D eigenvalue weighted by Gasteiger charge is -2.33. The first-order chi connectivity index (χ1) is 15.9. The van der Waals surface area contributed by atoms with Crippen molar-refractivity contribution in [3.8, 4) is 11.5 Å². The number of nitrogen functional groups attached to an aromatic ring is 1. The van der Waals surface area contributed by atoms with Gasteiger partial charge in [0.1, 0.15) is 0 Å². The van der Waals surface area contributed by atoms with Gasteiger partial charge in [-0.15, -0.1) is 0 Å². The smallest absolute Gasteiger partial charge is 0.341 e. The van der Waals surface area contributed by atoms with Crippen LogP contribution in [0.15, 0.2) is 71.7 Å². The van der Waals surface area contributed by atoms with Gasteiger partial charge in [0.15, 0.2) is 5.75 Å². The van der Waals surface area contributed by atoms with Crippen molar-refractivity contribution in [3.63, 3.8) is 0 Å². The molecule has 4 rings (SSSR count). The highest BCUT2D eigenvalue weighted by atomic mass is 16.6. The number of nitro benzene ring substituents is 1. The van der Waals surface area contributed by atoms with E-state index in [4.69, 9.17) is 10.5 Å². The number of phenols is 1. The van der Waals surface area contributed by atoms with E-state index in [0.717, 1.165) is 5.56 Å². The number of aromatic hydroxyl groups is 1. The number of rotatable bonds is 6. The highest BCUT2D eigenvalue weighted by Crippen LogP contribution is 2.43. The molecule has 0 fully saturated rings. The molecule has 0 spiro atoms. The molecule has 0 saturated heterocycles. The van der Waals surface area contributed by atoms with E-state index in [1.54, 1.807) is 31.2 Å². The fraction of sp³-hybridized carbons (Fsp3) is 0.167. The van der Waals surface area contributed by atoms with Crippen molar-refractivity contribution < 1.29 is 19.6 Å². The summed E-state index contributed by atoms with van der Waals surface area (Å²) >= 11 is 0. The fourth-order valence-electron chi connectivity index (χ4n) is 3.97. The second kappa shape index (κ2) is 8.99. The molecule has 2 unspecified atom stereocenters. The number of carbonyl (C=O) groups is 1. The zero-order chi connectivity index (χ0) is 23.5. The van der Waals surface area contributed by atoms with E-state index in [1.165, 1.54) is 12.1 Å². The van der Waals surface area contributed by atoms with Gasteiger partial charge in [0, 0.05) is 11.8 Å². The first-order valence-corrected chi connectivity index (χ1v) is 10.3. The monoisotopic (exact) mass is 446 g/mol. The minimum absolute atomic E-state index is 0.0284. The van der Waals surface area contributed by atoms with Gasteiger partial charge < -0.3 is 20.9 Å². The number of aliphatic imine (C=N–C) groups is 1. The van der Waals surface area contributed by atoms with Crippen LogP contribution in [-0.2, 0) is 0 Å². The Bertz CT molecular complexity index is 1230. The Labute approximate surface area is 189 Å². The van der Waals surface area contributed by atoms with Gasteiger partial charge in [-0.05, 0) is 41.8 Å². The van der Waals surface area contributed by atoms with Crippen LogP contribution in [0.5, 0.6) is 11.5 Å². The van der Waals surface area contributed by atoms with Crippen LogP contribution in [0, 0.1) is 10.1 Å². The molecule has 33 heavy (non-hydrogen) atoms. The summed E-state index contributed by atoms with van der Waals surface area (Å²) in [5.41, 5.74) is 8.37. The van der Waals surface area contributed by atoms with Crippen molar-refractivity contribution in [1.29, 1.82) is 0 Å². The highest BCUT2D eigenvalue weighted by Gasteiger charge is 2.37. The van der Waals surface area contributed by atoms with Crippen LogP contribution in [0.2, 0.25) is 0 Å². The van der Waals surface area contributed by atoms with E-state index >= 15 is 0 Å². The minimum Gasteiger partial charge on any atom is -0.500 e. The fourth-order valence-corrected chi connectivity index (χ4v) is 3.97. The van der Waals surface area contributed by atoms with E-state index in [1.807, 2.05) is 30.3 Å². The topological polar surface area (TPSA) is 140 Å². The Morgan fingerprint density at radius 3 is 2.45 bits per heavy atom. The summed E-state index contributed by atoms with van der Waals surface area (Å²) in [6, 6.07) is 17.9. The number of hydrogen-bond donors (Lipinski definition) is 3. The second-order valence-corrected chi connectivity index (χ2v) is 7.51. The lowest BCUT2D eigenvalue weighted by Crippen LogP contribution is -2.40. The number of nitrogens with zero attached hydrogens (tertiary/aromatic N) is 2. The normalized spacial score (nSPS) is 17.7. The van der Waals surface area contributed by atoms with E-state index in [0.29, 0.717) is 22.5 Å². The first kappa shape index (κ1) is 21.8. The number of amides is 2. The summed E-state index contributed by atoms with van der Waals surface area (Å²) in [5, 5.41) is 24.8. The van der Waals surface area contributed by atoms with Gasteiger partial charge in [0.2, 0.25) is 5.75 Å². The van der Waals surface area contributed by atoms with Crippen LogP contribution in [0.25, 0.3) is 0 Å². The zero-order valence-electron chi connectivity index (χ0n) is 17.8. The Hall–Kier alpha value is -4.40. The van der Waals surface area contributed by atoms with Crippen molar-refractivity contribution in [3.05, 3.63) is 93.5 Å². The molecule has 9 nitrogen and oxygen atoms in total. The number of phenolic OH excluding ortho intramolecular Hbond substituents is 1. The number of carbonyl (C=O) groups excluding carboxylic acids is 1. The van der Waals surface area contributed by atoms with Crippen LogP contribution in [-0.4, -0.2) is 28.4 Å². The molecule has 2 amide bonds. The number of urea groups is 1. The van der Waals surface area contributed by atoms with E-state index in [2.05, 4.69) is 10.3 Å². The van der Waals surface area contributed by atoms with Crippen LogP contribution in [0.3, 0.4) is 0 Å². The maximum absolute atomic E-state index is 12.6. The summed E-state index contributed by atoms with van der Waals surface area (Å²) < 4.78 is 5.44. The molecule has 1 aliphatic rings. The average Bonchev–Trinajstić information content (AvgIpc) is 2.81. The van der Waals surface area contributed by atoms with Gasteiger partial charge in [-0.3, -0.25) is 10.1 Å². The molecule has 0 aliphatic carbocycles. The molecule has 1 aliphatic heterocycles. The number of anilines is 1. The largest absolute Gasteiger partial charge is 0.500 e. The predicted molar refractivity (Wildman–Crippen MR) is 124 cm³/mol. The van der Waals surface area contributed by atoms with E-state index in [9.17, 15) is 20.0 Å². The van der Waals surface area contributed by atoms with Gasteiger partial charge in [-0.1, -0.05) is 42.5 Å². The Morgan fingerprint density at radius 1 is 1.12 bits per heavy atom. The molecule has 0 saturated carbocycles. The van der Waals surface area contributed by atoms with E-state index in [-0.39, 0.29) is 12.4 Å². The second-order valence-electron chi connectivity index (χ2n) is 7.51. The minimum atomic E-state index is -0.705. The molecule has 0 bridgehead atoms. The lowest BCUT2D eigenvalue weighted by molar-refractivity contribution is -0.386. The molecule has 168 valence electrons. The van der Waals surface area contributed by atoms with Crippen LogP contribution < -0.4 is 15.8 Å². The number of benzene rings is 3. The number of nitrogens with one attached hydrogen (secondary N) is 1. The molecular formula is C24H22N4O5. The van der Waals surface area contributed by atoms with Crippen LogP contribution in [0.1, 0.15) is 35.6 Å². The predicted octanol–water partition coefficient (Wildman–Crippen LogP) is 4.32. The van der Waals surface area contributed by atoms with Crippen molar-refractivity contribution in [2.24, 2.45) is 4.99 Å². The van der Waals surface area contributed by atoms with Gasteiger partial charge >= 0.3 is 11.7 Å². The Morgan fingerprint density at radius 2 is 1.82 bits per heavy atom. The quantitative estimate of drug-likeness (QED) is 0.293. The third kappa shape index (κ3) is 4.33. The molecule has 1 heterocycles. The molecule has 0 aromatic heterocycles. The highest BCUT2D eigenvalue weighted by molar-refractivity contribution is 6.12. The molecule has 3 aromatic carbocycles. The Kier molecular flexibility index (Phi) is 5.95. The number of nitro groups is 1. The molecule has 4 N–H and O–H groups in total. The van der Waals surface area contributed by atoms with Crippen LogP contribution in [0.4, 0.5) is 16.2 Å². The van der Waals surface area contributed by atoms with Gasteiger partial charge in [-0.2, -0.15) is 4.99 Å². The van der Waals surface area contributed by atoms with Gasteiger partial charge in [0.05, 0.1) is 29.2 Å². The SMILES string of the molecule is CCOc1cc(C2NC(=O)N=C(c3ccc(N)cc3)C2c2ccccc2)cc([N+](=O)[O-])c1O. The molecule has 3 aromatic rings. The number of nitrogens with two attached hydrogens (primary N) is 1. The first-order valence-electron chi connectivity index (χ1n) is 10.3. The summed E-state index contributed by atoms with van der Waals surface area (Å²) in [6.07, 6.45) is 0. The summed E-state index contributed by atoms with van der Waals surface area (Å²) in [7, 11) is 0. The van der Waals surface area contributed by atoms with Gasteiger partial charge in [0.25, 0.3) is 0 Å². The third-order valence-electron chi connectivity index (χ3n) is 5.43. The number of hydrogen-bond acceptors (Lipinski definition) is 6. The molecule has 2 atom stereocenters. The summed E-state index contributed by atoms with van der Waals surface area (Å²) in [6.45, 7) is 1.91. The molecular weight excluding hydrogens is 424 g/mol. The zero-order valence-corrected chi connectivity index (χ0v) is 17.8. The van der Waals surface area contributed by atoms with Crippen molar-refractivity contribution in [2.75, 3.05) is 12.3 Å². The summed E-state index contributed by atoms with van der Waals surface area (Å²) in [5.74, 6) is -1.05. The maximum Gasteiger partial charge on any atom is 0.341 e. The molecule has 0 radical (unpaired) electrons. The lowest BCUT2D eigenvalue weighted by atomic mass is 9.80. The maximum atomic E-state index is 12.6. The standard InChI is InChI=1S/C24H22N4O5/c1-2-33-19-13-16(12-18(23(19)29)28(31)32)22-20(14-6-4-3-5-7-14)21(26-24(30)27-22)15-8-10-17(25)11-9-15/h3-13,20,22,29H,2,25H2,1H3,(H,27,30). The molecule has 9 heteroatoms. The van der Waals surface area contributed by atoms with Crippen molar-refractivity contribution >= 4 is 23.1 Å². The van der Waals surface area contributed by atoms with Crippen molar-refractivity contribution in [2.45, 2.75) is 18.9 Å². The Balaban J connectivity index is 1.92. The van der Waals surface area contributed by atoms with Crippen LogP contribution >= 0.6 is 0 Å². The number of ether oxygens (including phenoxy) is 1. The van der Waals surface area contributed by atoms with Gasteiger partial charge in [-0.25, -0.2) is 4.79 Å². The van der Waals surface area contributed by atoms with E-state index < -0.39 is 34.4 Å². The average molecular weight is 446 g/mol. The summed E-state index contributed by atoms with van der Waals surface area (Å²) in [4.78, 5) is 27.8. The van der Waals surface area contributed by atoms with Crippen molar-refractivity contribution in [1.82, 2.24) is 5.32 Å². The third-order valence-corrected chi connectivity index (χ3v) is 5.43.